The molecular formula is C26H28O8S. The molecule has 3 aromatic rings. The molecule has 35 heavy (non-hydrogen) atoms. The molecule has 0 aliphatic carbocycles. The maximum Gasteiger partial charge on any atom is 0.297 e. The van der Waals surface area contributed by atoms with Gasteiger partial charge in [-0.25, -0.2) is 0 Å². The molecule has 0 saturated carbocycles. The van der Waals surface area contributed by atoms with Gasteiger partial charge in [-0.05, 0) is 43.3 Å². The fourth-order valence-electron chi connectivity index (χ4n) is 3.31. The molecule has 0 N–H and O–H groups in total. The minimum absolute atomic E-state index is 0.0581. The first-order valence-corrected chi connectivity index (χ1v) is 12.7. The molecular weight excluding hydrogens is 472 g/mol. The predicted octanol–water partition coefficient (Wildman–Crippen LogP) is 4.01. The van der Waals surface area contributed by atoms with Crippen molar-refractivity contribution in [1.82, 2.24) is 0 Å². The highest BCUT2D eigenvalue weighted by Crippen LogP contribution is 2.29. The SMILES string of the molecule is Cc1ccc(S(=O)(=O)OC2COc3ccccc3OCCOCCOc3ccccc3OC2)cc1. The van der Waals surface area contributed by atoms with Gasteiger partial charge >= 0.3 is 0 Å². The van der Waals surface area contributed by atoms with Crippen LogP contribution in [0.5, 0.6) is 23.0 Å². The highest BCUT2D eigenvalue weighted by atomic mass is 32.2. The van der Waals surface area contributed by atoms with Crippen LogP contribution in [0.1, 0.15) is 5.56 Å². The van der Waals surface area contributed by atoms with E-state index in [-0.39, 0.29) is 18.1 Å². The third kappa shape index (κ3) is 7.11. The van der Waals surface area contributed by atoms with Crippen LogP contribution in [-0.4, -0.2) is 54.2 Å². The van der Waals surface area contributed by atoms with Gasteiger partial charge < -0.3 is 23.7 Å². The number of para-hydroxylation sites is 4. The van der Waals surface area contributed by atoms with E-state index in [2.05, 4.69) is 0 Å². The van der Waals surface area contributed by atoms with E-state index in [4.69, 9.17) is 27.9 Å². The van der Waals surface area contributed by atoms with Crippen molar-refractivity contribution in [2.75, 3.05) is 39.6 Å². The average Bonchev–Trinajstić information content (AvgIpc) is 2.86. The summed E-state index contributed by atoms with van der Waals surface area (Å²) in [5, 5.41) is 0. The van der Waals surface area contributed by atoms with E-state index in [1.54, 1.807) is 48.5 Å². The van der Waals surface area contributed by atoms with E-state index in [0.717, 1.165) is 5.56 Å². The van der Waals surface area contributed by atoms with Gasteiger partial charge in [0.2, 0.25) is 0 Å². The van der Waals surface area contributed by atoms with Crippen molar-refractivity contribution >= 4 is 10.1 Å². The third-order valence-corrected chi connectivity index (χ3v) is 6.47. The van der Waals surface area contributed by atoms with Gasteiger partial charge in [-0.2, -0.15) is 8.42 Å². The Bertz CT molecular complexity index is 1140. The van der Waals surface area contributed by atoms with Gasteiger partial charge in [-0.15, -0.1) is 0 Å². The van der Waals surface area contributed by atoms with Crippen molar-refractivity contribution in [3.05, 3.63) is 78.4 Å². The minimum atomic E-state index is -4.06. The van der Waals surface area contributed by atoms with Gasteiger partial charge in [-0.1, -0.05) is 42.0 Å². The Labute approximate surface area is 205 Å². The van der Waals surface area contributed by atoms with Gasteiger partial charge in [0, 0.05) is 0 Å². The van der Waals surface area contributed by atoms with E-state index in [1.807, 2.05) is 19.1 Å². The zero-order chi connectivity index (χ0) is 24.5. The quantitative estimate of drug-likeness (QED) is 0.499. The highest BCUT2D eigenvalue weighted by molar-refractivity contribution is 7.86. The van der Waals surface area contributed by atoms with Crippen LogP contribution in [0.15, 0.2) is 77.7 Å². The number of hydrogen-bond acceptors (Lipinski definition) is 8. The number of benzene rings is 3. The van der Waals surface area contributed by atoms with Crippen LogP contribution in [0.2, 0.25) is 0 Å². The lowest BCUT2D eigenvalue weighted by Crippen LogP contribution is -2.31. The normalized spacial score (nSPS) is 15.9. The second kappa shape index (κ2) is 11.9. The van der Waals surface area contributed by atoms with Crippen LogP contribution in [0.3, 0.4) is 0 Å². The molecule has 0 amide bonds. The molecule has 1 aliphatic heterocycles. The summed E-state index contributed by atoms with van der Waals surface area (Å²) in [4.78, 5) is 0.0581. The van der Waals surface area contributed by atoms with Crippen molar-refractivity contribution in [2.45, 2.75) is 17.9 Å². The Balaban J connectivity index is 1.57. The molecule has 0 bridgehead atoms. The molecule has 0 fully saturated rings. The molecule has 0 spiro atoms. The van der Waals surface area contributed by atoms with Gasteiger partial charge in [0.15, 0.2) is 23.0 Å². The number of hydrogen-bond donors (Lipinski definition) is 0. The summed E-state index contributed by atoms with van der Waals surface area (Å²) in [6.07, 6.45) is -0.946. The molecule has 4 rings (SSSR count). The average molecular weight is 501 g/mol. The standard InChI is InChI=1S/C26H28O8S/c1-20-10-12-22(13-11-20)35(27,28)34-21-18-32-25-8-4-2-6-23(25)30-16-14-29-15-17-31-24-7-3-5-9-26(24)33-19-21/h2-13,21H,14-19H2,1H3. The molecule has 0 radical (unpaired) electrons. The first-order chi connectivity index (χ1) is 17.0. The lowest BCUT2D eigenvalue weighted by molar-refractivity contribution is 0.0647. The van der Waals surface area contributed by atoms with Gasteiger partial charge in [0.1, 0.15) is 32.5 Å². The Kier molecular flexibility index (Phi) is 8.46. The van der Waals surface area contributed by atoms with E-state index in [9.17, 15) is 8.42 Å². The number of rotatable bonds is 3. The Morgan fingerprint density at radius 2 is 1.11 bits per heavy atom. The molecule has 9 heteroatoms. The Hall–Kier alpha value is -3.27. The summed E-state index contributed by atoms with van der Waals surface area (Å²) in [6.45, 7) is 3.08. The highest BCUT2D eigenvalue weighted by Gasteiger charge is 2.24. The molecule has 1 heterocycles. The van der Waals surface area contributed by atoms with Gasteiger partial charge in [0.25, 0.3) is 10.1 Å². The Morgan fingerprint density at radius 1 is 0.657 bits per heavy atom. The summed E-state index contributed by atoms with van der Waals surface area (Å²) < 4.78 is 60.5. The molecule has 0 aromatic heterocycles. The fraction of sp³-hybridized carbons (Fsp3) is 0.308. The van der Waals surface area contributed by atoms with Crippen LogP contribution in [0, 0.1) is 6.92 Å². The van der Waals surface area contributed by atoms with Crippen LogP contribution in [-0.2, 0) is 19.0 Å². The smallest absolute Gasteiger partial charge is 0.297 e. The van der Waals surface area contributed by atoms with Crippen molar-refractivity contribution < 1.29 is 36.3 Å². The van der Waals surface area contributed by atoms with Crippen molar-refractivity contribution in [2.24, 2.45) is 0 Å². The first kappa shape index (κ1) is 24.8. The zero-order valence-corrected chi connectivity index (χ0v) is 20.2. The van der Waals surface area contributed by atoms with Gasteiger partial charge in [-0.3, -0.25) is 4.18 Å². The summed E-state index contributed by atoms with van der Waals surface area (Å²) >= 11 is 0. The van der Waals surface area contributed by atoms with Crippen molar-refractivity contribution in [3.8, 4) is 23.0 Å². The summed E-state index contributed by atoms with van der Waals surface area (Å²) in [5.41, 5.74) is 0.943. The largest absolute Gasteiger partial charge is 0.487 e. The maximum absolute atomic E-state index is 13.0. The molecule has 186 valence electrons. The van der Waals surface area contributed by atoms with Crippen LogP contribution >= 0.6 is 0 Å². The van der Waals surface area contributed by atoms with E-state index >= 15 is 0 Å². The topological polar surface area (TPSA) is 89.5 Å². The fourth-order valence-corrected chi connectivity index (χ4v) is 4.36. The molecule has 3 aromatic carbocycles. The molecule has 0 atom stereocenters. The molecule has 1 aliphatic rings. The van der Waals surface area contributed by atoms with E-state index in [1.165, 1.54) is 12.1 Å². The van der Waals surface area contributed by atoms with E-state index in [0.29, 0.717) is 49.4 Å². The summed E-state index contributed by atoms with van der Waals surface area (Å²) in [6, 6.07) is 20.7. The van der Waals surface area contributed by atoms with Crippen LogP contribution in [0.25, 0.3) is 0 Å². The van der Waals surface area contributed by atoms with Crippen LogP contribution in [0.4, 0.5) is 0 Å². The van der Waals surface area contributed by atoms with Crippen molar-refractivity contribution in [1.29, 1.82) is 0 Å². The predicted molar refractivity (Wildman–Crippen MR) is 129 cm³/mol. The maximum atomic E-state index is 13.0. The van der Waals surface area contributed by atoms with E-state index < -0.39 is 16.2 Å². The monoisotopic (exact) mass is 500 g/mol. The summed E-state index contributed by atoms with van der Waals surface area (Å²) in [7, 11) is -4.06. The molecule has 0 unspecified atom stereocenters. The first-order valence-electron chi connectivity index (χ1n) is 11.3. The third-order valence-electron chi connectivity index (χ3n) is 5.09. The van der Waals surface area contributed by atoms with Crippen LogP contribution < -0.4 is 18.9 Å². The molecule has 8 nitrogen and oxygen atoms in total. The summed E-state index contributed by atoms with van der Waals surface area (Å²) in [5.74, 6) is 1.96. The second-order valence-electron chi connectivity index (χ2n) is 7.81. The lowest BCUT2D eigenvalue weighted by Gasteiger charge is -2.21. The number of aryl methyl sites for hydroxylation is 1. The van der Waals surface area contributed by atoms with Crippen molar-refractivity contribution in [3.63, 3.8) is 0 Å². The molecule has 0 saturated heterocycles. The second-order valence-corrected chi connectivity index (χ2v) is 9.38. The lowest BCUT2D eigenvalue weighted by atomic mass is 10.2. The van der Waals surface area contributed by atoms with Gasteiger partial charge in [0.05, 0.1) is 18.1 Å². The zero-order valence-electron chi connectivity index (χ0n) is 19.4. The minimum Gasteiger partial charge on any atom is -0.487 e. The number of ether oxygens (including phenoxy) is 5. The number of fused-ring (bicyclic) bond motifs is 2. The Morgan fingerprint density at radius 3 is 1.60 bits per heavy atom.